The maximum absolute atomic E-state index is 12.1. The lowest BCUT2D eigenvalue weighted by atomic mass is 10.0. The molecular formula is C34H41N7O8. The van der Waals surface area contributed by atoms with E-state index in [1.165, 1.54) is 42.5 Å². The molecule has 2 N–H and O–H groups in total. The molecule has 0 aliphatic heterocycles. The average Bonchev–Trinajstić information content (AvgIpc) is 3.12. The van der Waals surface area contributed by atoms with Crippen molar-refractivity contribution in [2.45, 2.75) is 20.5 Å². The van der Waals surface area contributed by atoms with E-state index in [1.807, 2.05) is 42.5 Å². The molecule has 3 aromatic carbocycles. The van der Waals surface area contributed by atoms with E-state index in [4.69, 9.17) is 28.9 Å². The molecule has 49 heavy (non-hydrogen) atoms. The minimum atomic E-state index is -0.380. The predicted molar refractivity (Wildman–Crippen MR) is 187 cm³/mol. The van der Waals surface area contributed by atoms with E-state index in [0.717, 1.165) is 0 Å². The lowest BCUT2D eigenvalue weighted by Gasteiger charge is -2.11. The minimum absolute atomic E-state index is 0.0912. The highest BCUT2D eigenvalue weighted by Gasteiger charge is 2.19. The Bertz CT molecular complexity index is 1670. The first kappa shape index (κ1) is 38.9. The Balaban J connectivity index is 0.000000353. The zero-order valence-electron chi connectivity index (χ0n) is 28.7. The van der Waals surface area contributed by atoms with Gasteiger partial charge in [0, 0.05) is 25.2 Å². The van der Waals surface area contributed by atoms with Gasteiger partial charge in [-0.3, -0.25) is 9.59 Å². The molecule has 0 saturated carbocycles. The van der Waals surface area contributed by atoms with Gasteiger partial charge in [-0.1, -0.05) is 80.4 Å². The Labute approximate surface area is 285 Å². The number of nitrogens with one attached hydrogen (secondary N) is 2. The molecule has 0 heterocycles. The standard InChI is InChI=1S/C18H25N5O5.C16H16N2O3/c1-12(20-25-4)16(22-26-5)13(2)21-28-11-14-9-7-8-10-15(14)17(23-27-6)18(24)19-3;1-17-16(19)15(18-20-2)13-10-6-7-11-14(13)21-12-8-4-3-5-9-12/h7-10H,11H2,1-6H3,(H,19,24);3-11H,1-2H3,(H,17,19)/b20-12+,21-13+,22-16+,23-17+;18-15+. The van der Waals surface area contributed by atoms with E-state index in [1.54, 1.807) is 50.2 Å². The van der Waals surface area contributed by atoms with Crippen molar-refractivity contribution in [3.05, 3.63) is 95.6 Å². The summed E-state index contributed by atoms with van der Waals surface area (Å²) in [5.74, 6) is 0.484. The Hall–Kier alpha value is -6.25. The summed E-state index contributed by atoms with van der Waals surface area (Å²) in [5, 5.41) is 24.4. The molecule has 15 nitrogen and oxygen atoms in total. The van der Waals surface area contributed by atoms with Gasteiger partial charge in [0.1, 0.15) is 58.0 Å². The van der Waals surface area contributed by atoms with Crippen molar-refractivity contribution < 1.29 is 38.5 Å². The van der Waals surface area contributed by atoms with Gasteiger partial charge in [0.25, 0.3) is 11.8 Å². The first-order chi connectivity index (χ1) is 23.8. The molecule has 15 heteroatoms. The van der Waals surface area contributed by atoms with Crippen LogP contribution in [-0.2, 0) is 40.4 Å². The summed E-state index contributed by atoms with van der Waals surface area (Å²) in [6.07, 6.45) is 0. The fraction of sp³-hybridized carbons (Fsp3) is 0.265. The highest BCUT2D eigenvalue weighted by Crippen LogP contribution is 2.25. The molecular weight excluding hydrogens is 634 g/mol. The van der Waals surface area contributed by atoms with Gasteiger partial charge in [0.05, 0.1) is 5.56 Å². The molecule has 0 bridgehead atoms. The third-order valence-electron chi connectivity index (χ3n) is 6.15. The lowest BCUT2D eigenvalue weighted by molar-refractivity contribution is -0.115. The predicted octanol–water partition coefficient (Wildman–Crippen LogP) is 4.28. The minimum Gasteiger partial charge on any atom is -0.457 e. The summed E-state index contributed by atoms with van der Waals surface area (Å²) in [4.78, 5) is 48.6. The van der Waals surface area contributed by atoms with Crippen molar-refractivity contribution in [2.75, 3.05) is 42.5 Å². The van der Waals surface area contributed by atoms with Crippen LogP contribution in [0.1, 0.15) is 30.5 Å². The maximum atomic E-state index is 12.1. The topological polar surface area (TPSA) is 175 Å². The van der Waals surface area contributed by atoms with Crippen LogP contribution in [0, 0.1) is 0 Å². The van der Waals surface area contributed by atoms with Crippen LogP contribution in [0.25, 0.3) is 0 Å². The van der Waals surface area contributed by atoms with Gasteiger partial charge in [-0.2, -0.15) is 0 Å². The van der Waals surface area contributed by atoms with Crippen LogP contribution in [0.4, 0.5) is 0 Å². The van der Waals surface area contributed by atoms with E-state index in [-0.39, 0.29) is 29.8 Å². The number of hydrogen-bond donors (Lipinski definition) is 2. The Morgan fingerprint density at radius 2 is 1.08 bits per heavy atom. The molecule has 260 valence electrons. The van der Waals surface area contributed by atoms with Gasteiger partial charge in [0.2, 0.25) is 0 Å². The van der Waals surface area contributed by atoms with Gasteiger partial charge < -0.3 is 39.6 Å². The molecule has 3 rings (SSSR count). The van der Waals surface area contributed by atoms with Crippen LogP contribution >= 0.6 is 0 Å². The quantitative estimate of drug-likeness (QED) is 0.177. The second kappa shape index (κ2) is 21.5. The average molecular weight is 676 g/mol. The molecule has 0 radical (unpaired) electrons. The number of benzene rings is 3. The first-order valence-corrected chi connectivity index (χ1v) is 14.7. The summed E-state index contributed by atoms with van der Waals surface area (Å²) in [5.41, 5.74) is 3.41. The summed E-state index contributed by atoms with van der Waals surface area (Å²) < 4.78 is 5.82. The molecule has 0 atom stereocenters. The molecule has 3 aromatic rings. The van der Waals surface area contributed by atoms with E-state index in [0.29, 0.717) is 45.3 Å². The number of hydrogen-bond acceptors (Lipinski definition) is 13. The van der Waals surface area contributed by atoms with Crippen molar-refractivity contribution >= 4 is 40.4 Å². The third kappa shape index (κ3) is 12.1. The van der Waals surface area contributed by atoms with Crippen molar-refractivity contribution in [1.82, 2.24) is 10.6 Å². The SMILES string of the molecule is CNC(=O)/C(=N/OC)c1ccccc1CO/N=C(C)/C(=N/OC)C(/C)=N/OC.CNC(=O)/C(=N/OC)c1ccccc1Oc1ccccc1. The number of carbonyl (C=O) groups excluding carboxylic acids is 2. The van der Waals surface area contributed by atoms with Gasteiger partial charge in [-0.05, 0) is 38.1 Å². The molecule has 0 aliphatic carbocycles. The second-order valence-electron chi connectivity index (χ2n) is 9.40. The molecule has 0 aromatic heterocycles. The smallest absolute Gasteiger partial charge is 0.273 e. The Morgan fingerprint density at radius 1 is 0.592 bits per heavy atom. The van der Waals surface area contributed by atoms with Crippen LogP contribution in [-0.4, -0.2) is 82.9 Å². The van der Waals surface area contributed by atoms with Crippen molar-refractivity contribution in [3.63, 3.8) is 0 Å². The fourth-order valence-electron chi connectivity index (χ4n) is 4.00. The molecule has 0 fully saturated rings. The summed E-state index contributed by atoms with van der Waals surface area (Å²) >= 11 is 0. The van der Waals surface area contributed by atoms with Crippen LogP contribution in [0.2, 0.25) is 0 Å². The van der Waals surface area contributed by atoms with E-state index in [2.05, 4.69) is 36.4 Å². The Kier molecular flexibility index (Phi) is 17.1. The third-order valence-corrected chi connectivity index (χ3v) is 6.15. The zero-order valence-corrected chi connectivity index (χ0v) is 28.7. The van der Waals surface area contributed by atoms with Crippen LogP contribution in [0.15, 0.2) is 105 Å². The number of carbonyl (C=O) groups is 2. The maximum Gasteiger partial charge on any atom is 0.273 e. The molecule has 0 saturated heterocycles. The fourth-order valence-corrected chi connectivity index (χ4v) is 4.00. The zero-order chi connectivity index (χ0) is 36.0. The normalized spacial score (nSPS) is 12.1. The van der Waals surface area contributed by atoms with Gasteiger partial charge in [-0.15, -0.1) is 0 Å². The molecule has 2 amide bonds. The molecule has 0 spiro atoms. The molecule has 0 unspecified atom stereocenters. The largest absolute Gasteiger partial charge is 0.457 e. The van der Waals surface area contributed by atoms with Crippen molar-refractivity contribution in [1.29, 1.82) is 0 Å². The number of likely N-dealkylation sites (N-methyl/N-ethyl adjacent to an activating group) is 2. The Morgan fingerprint density at radius 3 is 1.65 bits per heavy atom. The highest BCUT2D eigenvalue weighted by molar-refractivity contribution is 6.67. The lowest BCUT2D eigenvalue weighted by Crippen LogP contribution is -2.29. The number of amides is 2. The summed E-state index contributed by atoms with van der Waals surface area (Å²) in [6, 6.07) is 23.6. The molecule has 0 aliphatic rings. The van der Waals surface area contributed by atoms with Crippen molar-refractivity contribution in [2.24, 2.45) is 25.8 Å². The van der Waals surface area contributed by atoms with E-state index >= 15 is 0 Å². The van der Waals surface area contributed by atoms with Crippen LogP contribution < -0.4 is 15.4 Å². The monoisotopic (exact) mass is 675 g/mol. The van der Waals surface area contributed by atoms with Crippen LogP contribution in [0.3, 0.4) is 0 Å². The van der Waals surface area contributed by atoms with Gasteiger partial charge in [-0.25, -0.2) is 0 Å². The number of oxime groups is 5. The van der Waals surface area contributed by atoms with Gasteiger partial charge >= 0.3 is 0 Å². The van der Waals surface area contributed by atoms with E-state index in [9.17, 15) is 9.59 Å². The number of para-hydroxylation sites is 2. The van der Waals surface area contributed by atoms with Crippen molar-refractivity contribution in [3.8, 4) is 11.5 Å². The number of rotatable bonds is 15. The van der Waals surface area contributed by atoms with Crippen LogP contribution in [0.5, 0.6) is 11.5 Å². The summed E-state index contributed by atoms with van der Waals surface area (Å²) in [6.45, 7) is 3.49. The van der Waals surface area contributed by atoms with E-state index < -0.39 is 0 Å². The second-order valence-corrected chi connectivity index (χ2v) is 9.40. The first-order valence-electron chi connectivity index (χ1n) is 14.7. The summed E-state index contributed by atoms with van der Waals surface area (Å²) in [7, 11) is 8.66. The number of ether oxygens (including phenoxy) is 1. The highest BCUT2D eigenvalue weighted by atomic mass is 16.6. The number of nitrogens with zero attached hydrogens (tertiary/aromatic N) is 5. The van der Waals surface area contributed by atoms with Gasteiger partial charge in [0.15, 0.2) is 17.1 Å².